The third kappa shape index (κ3) is 9.61. The number of methoxy groups -OCH3 is 2. The van der Waals surface area contributed by atoms with Gasteiger partial charge in [0.25, 0.3) is 5.91 Å². The maximum absolute atomic E-state index is 12.7. The van der Waals surface area contributed by atoms with Gasteiger partial charge in [-0.2, -0.15) is 20.4 Å². The molecular formula is C41H46Cl2N10O5. The topological polar surface area (TPSA) is 195 Å². The maximum Gasteiger partial charge on any atom is 0.335 e. The number of rotatable bonds is 7. The Hall–Kier alpha value is -5.90. The van der Waals surface area contributed by atoms with Crippen molar-refractivity contribution in [3.05, 3.63) is 105 Å². The first-order chi connectivity index (χ1) is 27.3. The van der Waals surface area contributed by atoms with E-state index < -0.39 is 5.97 Å². The summed E-state index contributed by atoms with van der Waals surface area (Å²) < 4.78 is 10.2. The lowest BCUT2D eigenvalue weighted by Crippen LogP contribution is -2.59. The van der Waals surface area contributed by atoms with Gasteiger partial charge in [0.2, 0.25) is 11.8 Å². The van der Waals surface area contributed by atoms with Crippen LogP contribution in [0.4, 0.5) is 11.4 Å². The number of nitrogens with two attached hydrogens (primary N) is 1. The average Bonchev–Trinajstić information content (AvgIpc) is 3.18. The summed E-state index contributed by atoms with van der Waals surface area (Å²) in [6, 6.07) is 14.3. The molecule has 0 aliphatic carbocycles. The number of carboxylic acid groups (broad SMARTS) is 1. The highest BCUT2D eigenvalue weighted by Crippen LogP contribution is 2.32. The molecule has 8 rings (SSSR count). The number of nitrogens with one attached hydrogen (secondary N) is 1. The van der Waals surface area contributed by atoms with Crippen molar-refractivity contribution < 1.29 is 24.2 Å². The van der Waals surface area contributed by atoms with Crippen LogP contribution in [0.2, 0.25) is 10.0 Å². The summed E-state index contributed by atoms with van der Waals surface area (Å²) in [5, 5.41) is 31.2. The van der Waals surface area contributed by atoms with Crippen molar-refractivity contribution in [2.75, 3.05) is 50.2 Å². The SMILES string of the molecule is C.COc1cc(N2CC(N)C2)c(Cl)cn1.COc1cc(N2CC(NC(=O)c3ccc4nnc(C)c(C)c4c3)C2)c(Cl)cn1.Cc1nnc2ccc(C(=O)O)cc2c1C. The summed E-state index contributed by atoms with van der Waals surface area (Å²) in [5.41, 5.74) is 13.6. The number of amides is 1. The van der Waals surface area contributed by atoms with Gasteiger partial charge in [-0.15, -0.1) is 0 Å². The summed E-state index contributed by atoms with van der Waals surface area (Å²) >= 11 is 12.2. The fourth-order valence-corrected chi connectivity index (χ4v) is 6.64. The fourth-order valence-electron chi connectivity index (χ4n) is 6.19. The predicted octanol–water partition coefficient (Wildman–Crippen LogP) is 6.39. The maximum atomic E-state index is 12.7. The highest BCUT2D eigenvalue weighted by Gasteiger charge is 2.30. The van der Waals surface area contributed by atoms with Gasteiger partial charge < -0.3 is 35.4 Å². The first kappa shape index (κ1) is 43.2. The van der Waals surface area contributed by atoms with Crippen LogP contribution in [-0.2, 0) is 0 Å². The molecule has 2 aliphatic heterocycles. The number of aromatic carboxylic acids is 1. The van der Waals surface area contributed by atoms with E-state index in [9.17, 15) is 9.59 Å². The number of carboxylic acids is 1. The number of carbonyl (C=O) groups excluding carboxylic acids is 1. The van der Waals surface area contributed by atoms with Crippen LogP contribution in [0.1, 0.15) is 50.7 Å². The van der Waals surface area contributed by atoms with Crippen LogP contribution in [0.25, 0.3) is 21.8 Å². The van der Waals surface area contributed by atoms with Crippen molar-refractivity contribution >= 4 is 68.3 Å². The molecule has 0 spiro atoms. The van der Waals surface area contributed by atoms with E-state index in [1.807, 2.05) is 45.9 Å². The highest BCUT2D eigenvalue weighted by atomic mass is 35.5. The molecule has 0 saturated carbocycles. The zero-order chi connectivity index (χ0) is 41.0. The highest BCUT2D eigenvalue weighted by molar-refractivity contribution is 6.33. The predicted molar refractivity (Wildman–Crippen MR) is 227 cm³/mol. The number of pyridine rings is 2. The van der Waals surface area contributed by atoms with Gasteiger partial charge in [0.15, 0.2) is 0 Å². The second-order valence-electron chi connectivity index (χ2n) is 13.7. The third-order valence-electron chi connectivity index (χ3n) is 9.86. The third-order valence-corrected chi connectivity index (χ3v) is 10.4. The Morgan fingerprint density at radius 3 is 1.62 bits per heavy atom. The Labute approximate surface area is 346 Å². The molecule has 17 heteroatoms. The van der Waals surface area contributed by atoms with Crippen LogP contribution in [0.5, 0.6) is 11.8 Å². The lowest BCUT2D eigenvalue weighted by Gasteiger charge is -2.41. The number of fused-ring (bicyclic) bond motifs is 2. The Morgan fingerprint density at radius 1 is 0.724 bits per heavy atom. The normalized spacial score (nSPS) is 13.5. The van der Waals surface area contributed by atoms with Crippen molar-refractivity contribution in [3.8, 4) is 11.8 Å². The van der Waals surface area contributed by atoms with Gasteiger partial charge in [0, 0.05) is 60.7 Å². The molecule has 2 aliphatic rings. The largest absolute Gasteiger partial charge is 0.481 e. The van der Waals surface area contributed by atoms with E-state index in [1.54, 1.807) is 50.9 Å². The molecule has 15 nitrogen and oxygen atoms in total. The fraction of sp³-hybridized carbons (Fsp3) is 0.317. The second kappa shape index (κ2) is 18.6. The summed E-state index contributed by atoms with van der Waals surface area (Å²) in [6.45, 7) is 10.7. The van der Waals surface area contributed by atoms with Crippen LogP contribution in [0.15, 0.2) is 60.9 Å². The van der Waals surface area contributed by atoms with Crippen molar-refractivity contribution in [3.63, 3.8) is 0 Å². The quantitative estimate of drug-likeness (QED) is 0.160. The van der Waals surface area contributed by atoms with Crippen LogP contribution in [-0.4, -0.2) is 99.8 Å². The number of anilines is 2. The van der Waals surface area contributed by atoms with Gasteiger partial charge in [0.05, 0.1) is 82.1 Å². The number of aryl methyl sites for hydroxylation is 4. The Bertz CT molecular complexity index is 2460. The molecule has 304 valence electrons. The van der Waals surface area contributed by atoms with Gasteiger partial charge >= 0.3 is 5.97 Å². The van der Waals surface area contributed by atoms with Gasteiger partial charge in [-0.3, -0.25) is 4.79 Å². The minimum atomic E-state index is -0.925. The Kier molecular flexibility index (Phi) is 13.8. The summed E-state index contributed by atoms with van der Waals surface area (Å²) in [5.74, 6) is 0.0614. The summed E-state index contributed by atoms with van der Waals surface area (Å²) in [6.07, 6.45) is 3.17. The van der Waals surface area contributed by atoms with Crippen molar-refractivity contribution in [1.82, 2.24) is 35.7 Å². The molecule has 1 amide bonds. The molecule has 0 unspecified atom stereocenters. The van der Waals surface area contributed by atoms with Crippen LogP contribution >= 0.6 is 23.2 Å². The van der Waals surface area contributed by atoms with E-state index in [-0.39, 0.29) is 31.0 Å². The lowest BCUT2D eigenvalue weighted by molar-refractivity contribution is 0.0696. The first-order valence-electron chi connectivity index (χ1n) is 17.9. The lowest BCUT2D eigenvalue weighted by atomic mass is 10.0. The smallest absolute Gasteiger partial charge is 0.335 e. The zero-order valence-electron chi connectivity index (χ0n) is 32.2. The minimum Gasteiger partial charge on any atom is -0.481 e. The zero-order valence-corrected chi connectivity index (χ0v) is 33.8. The molecule has 0 radical (unpaired) electrons. The van der Waals surface area contributed by atoms with Crippen molar-refractivity contribution in [2.45, 2.75) is 47.2 Å². The molecule has 2 aromatic carbocycles. The molecule has 2 saturated heterocycles. The molecule has 6 aromatic rings. The van der Waals surface area contributed by atoms with Crippen LogP contribution in [0, 0.1) is 27.7 Å². The molecule has 0 atom stereocenters. The number of nitrogens with zero attached hydrogens (tertiary/aromatic N) is 8. The van der Waals surface area contributed by atoms with Crippen LogP contribution < -0.4 is 30.3 Å². The molecule has 6 heterocycles. The number of carbonyl (C=O) groups is 2. The van der Waals surface area contributed by atoms with E-state index in [4.69, 9.17) is 43.5 Å². The monoisotopic (exact) mass is 828 g/mol. The summed E-state index contributed by atoms with van der Waals surface area (Å²) in [4.78, 5) is 35.8. The molecule has 0 bridgehead atoms. The molecule has 58 heavy (non-hydrogen) atoms. The average molecular weight is 830 g/mol. The minimum absolute atomic E-state index is 0. The molecular weight excluding hydrogens is 783 g/mol. The van der Waals surface area contributed by atoms with E-state index >= 15 is 0 Å². The molecule has 4 aromatic heterocycles. The van der Waals surface area contributed by atoms with E-state index in [2.05, 4.69) is 45.5 Å². The number of ether oxygens (including phenoxy) is 2. The van der Waals surface area contributed by atoms with Crippen LogP contribution in [0.3, 0.4) is 0 Å². The number of aromatic nitrogens is 6. The number of halogens is 2. The number of benzene rings is 2. The standard InChI is InChI=1S/C20H20ClN5O2.C11H10N2O2.C9H12ClN3O.CH4/c1-11-12(2)24-25-17-5-4-13(6-15(11)17)20(27)23-14-9-26(10-14)18-7-19(28-3)22-8-16(18)21;1-6-7(2)12-13-10-4-3-8(11(14)15)5-9(6)10;1-14-9-2-8(7(10)3-12-9)13-4-6(11)5-13;/h4-8,14H,9-10H2,1-3H3,(H,23,27);3-5H,1-2H3,(H,14,15);2-3,6H,4-5,11H2,1H3;1H4. The first-order valence-corrected chi connectivity index (χ1v) is 18.7. The van der Waals surface area contributed by atoms with Gasteiger partial charge in [-0.05, 0) is 75.2 Å². The van der Waals surface area contributed by atoms with Gasteiger partial charge in [-0.25, -0.2) is 14.8 Å². The van der Waals surface area contributed by atoms with E-state index in [0.29, 0.717) is 40.5 Å². The van der Waals surface area contributed by atoms with Crippen molar-refractivity contribution in [1.29, 1.82) is 0 Å². The van der Waals surface area contributed by atoms with Gasteiger partial charge in [0.1, 0.15) is 0 Å². The van der Waals surface area contributed by atoms with E-state index in [0.717, 1.165) is 68.8 Å². The van der Waals surface area contributed by atoms with Crippen molar-refractivity contribution in [2.24, 2.45) is 5.73 Å². The number of hydrogen-bond acceptors (Lipinski definition) is 13. The second-order valence-corrected chi connectivity index (χ2v) is 14.5. The molecule has 4 N–H and O–H groups in total. The molecule has 2 fully saturated rings. The Balaban J connectivity index is 0.000000180. The number of hydrogen-bond donors (Lipinski definition) is 3. The van der Waals surface area contributed by atoms with Gasteiger partial charge in [-0.1, -0.05) is 30.6 Å². The Morgan fingerprint density at radius 2 is 1.17 bits per heavy atom. The van der Waals surface area contributed by atoms with E-state index in [1.165, 1.54) is 6.07 Å². The summed E-state index contributed by atoms with van der Waals surface area (Å²) in [7, 11) is 3.15.